The van der Waals surface area contributed by atoms with Crippen LogP contribution in [0.25, 0.3) is 0 Å². The van der Waals surface area contributed by atoms with Crippen molar-refractivity contribution >= 4 is 40.7 Å². The number of rotatable bonds is 19. The molecule has 1 amide bonds. The van der Waals surface area contributed by atoms with Gasteiger partial charge in [0.2, 0.25) is 11.1 Å². The lowest BCUT2D eigenvalue weighted by Gasteiger charge is -2.32. The molecular weight excluding hydrogens is 746 g/mol. The maximum absolute atomic E-state index is 13.8. The van der Waals surface area contributed by atoms with Crippen LogP contribution in [0.5, 0.6) is 0 Å². The summed E-state index contributed by atoms with van der Waals surface area (Å²) in [5.41, 5.74) is 3.17. The van der Waals surface area contributed by atoms with Gasteiger partial charge in [-0.05, 0) is 107 Å². The zero-order chi connectivity index (χ0) is 41.2. The van der Waals surface area contributed by atoms with Crippen LogP contribution in [0.2, 0.25) is 0 Å². The van der Waals surface area contributed by atoms with Gasteiger partial charge in [-0.1, -0.05) is 97.4 Å². The third-order valence-electron chi connectivity index (χ3n) is 10.5. The summed E-state index contributed by atoms with van der Waals surface area (Å²) in [5.74, 6) is -0.926. The molecule has 11 nitrogen and oxygen atoms in total. The van der Waals surface area contributed by atoms with Crippen molar-refractivity contribution in [2.75, 3.05) is 13.2 Å². The first-order valence-electron chi connectivity index (χ1n) is 20.2. The van der Waals surface area contributed by atoms with Crippen molar-refractivity contribution in [3.05, 3.63) is 108 Å². The maximum Gasteiger partial charge on any atom is 0.329 e. The van der Waals surface area contributed by atoms with Gasteiger partial charge in [0.15, 0.2) is 0 Å². The number of esters is 3. The molecule has 57 heavy (non-hydrogen) atoms. The standard InChI is InChI=1S/C30H38N2O5.C15H20ClNO3/c1-3-36-29(34)25(18-17-22-11-6-4-7-12-22)31-21(2)28(33)32-26-16-10-15-24(26)19-27(32)30(35)37-20-23-13-8-5-9-14-23;1-3-20-15(19)13(17-11(2)14(16)18)10-9-12-7-5-4-6-8-12/h4-9,11-14,21,24-27,31H,3,10,15-20H2,1-2H3;4-8,11,13,17H,3,9-10H2,1-2H3/t21-,24-,25-,26-,27-;11-,13-/m00/s1. The number of hydrogen-bond acceptors (Lipinski definition) is 10. The van der Waals surface area contributed by atoms with E-state index < -0.39 is 35.5 Å². The predicted octanol–water partition coefficient (Wildman–Crippen LogP) is 6.34. The lowest BCUT2D eigenvalue weighted by molar-refractivity contribution is -0.156. The van der Waals surface area contributed by atoms with Gasteiger partial charge in [-0.25, -0.2) is 4.79 Å². The third-order valence-corrected chi connectivity index (χ3v) is 10.8. The Morgan fingerprint density at radius 1 is 0.684 bits per heavy atom. The molecule has 2 fully saturated rings. The Morgan fingerprint density at radius 3 is 1.63 bits per heavy atom. The number of hydrogen-bond donors (Lipinski definition) is 2. The molecule has 0 unspecified atom stereocenters. The van der Waals surface area contributed by atoms with Crippen molar-refractivity contribution in [1.82, 2.24) is 15.5 Å². The largest absolute Gasteiger partial charge is 0.465 e. The van der Waals surface area contributed by atoms with Crippen molar-refractivity contribution in [3.63, 3.8) is 0 Å². The van der Waals surface area contributed by atoms with Crippen molar-refractivity contribution < 1.29 is 38.2 Å². The molecule has 3 aromatic rings. The lowest BCUT2D eigenvalue weighted by atomic mass is 10.0. The Hall–Kier alpha value is -4.58. The highest BCUT2D eigenvalue weighted by molar-refractivity contribution is 6.64. The Kier molecular flexibility index (Phi) is 18.7. The van der Waals surface area contributed by atoms with E-state index in [0.717, 1.165) is 42.4 Å². The van der Waals surface area contributed by atoms with E-state index in [-0.39, 0.29) is 43.1 Å². The zero-order valence-corrected chi connectivity index (χ0v) is 34.3. The fourth-order valence-electron chi connectivity index (χ4n) is 7.54. The van der Waals surface area contributed by atoms with Crippen LogP contribution in [0.4, 0.5) is 0 Å². The maximum atomic E-state index is 13.8. The van der Waals surface area contributed by atoms with Crippen LogP contribution in [0.15, 0.2) is 91.0 Å². The van der Waals surface area contributed by atoms with Crippen molar-refractivity contribution in [3.8, 4) is 0 Å². The van der Waals surface area contributed by atoms with Gasteiger partial charge >= 0.3 is 17.9 Å². The number of carbonyl (C=O) groups excluding carboxylic acids is 5. The summed E-state index contributed by atoms with van der Waals surface area (Å²) in [4.78, 5) is 64.4. The van der Waals surface area contributed by atoms with Gasteiger partial charge in [0.05, 0.1) is 25.3 Å². The van der Waals surface area contributed by atoms with Crippen molar-refractivity contribution in [2.45, 2.75) is 122 Å². The molecule has 0 bridgehead atoms. The number of nitrogens with zero attached hydrogens (tertiary/aromatic N) is 1. The van der Waals surface area contributed by atoms with Gasteiger partial charge in [-0.3, -0.25) is 29.8 Å². The highest BCUT2D eigenvalue weighted by Gasteiger charge is 2.50. The molecule has 0 radical (unpaired) electrons. The minimum absolute atomic E-state index is 0.0383. The predicted molar refractivity (Wildman–Crippen MR) is 219 cm³/mol. The van der Waals surface area contributed by atoms with Gasteiger partial charge in [0.25, 0.3) is 0 Å². The average molecular weight is 804 g/mol. The summed E-state index contributed by atoms with van der Waals surface area (Å²) in [7, 11) is 0. The van der Waals surface area contributed by atoms with E-state index in [1.165, 1.54) is 0 Å². The van der Waals surface area contributed by atoms with Crippen LogP contribution < -0.4 is 10.6 Å². The molecule has 1 saturated carbocycles. The molecular formula is C45H58ClN3O8. The molecule has 7 atom stereocenters. The molecule has 12 heteroatoms. The number of likely N-dealkylation sites (tertiary alicyclic amines) is 1. The van der Waals surface area contributed by atoms with Gasteiger partial charge in [0, 0.05) is 6.04 Å². The van der Waals surface area contributed by atoms with Gasteiger partial charge in [0.1, 0.15) is 24.7 Å². The molecule has 1 heterocycles. The lowest BCUT2D eigenvalue weighted by Crippen LogP contribution is -2.55. The Balaban J connectivity index is 0.000000305. The number of amides is 1. The van der Waals surface area contributed by atoms with E-state index in [2.05, 4.69) is 10.6 Å². The van der Waals surface area contributed by atoms with E-state index >= 15 is 0 Å². The highest BCUT2D eigenvalue weighted by atomic mass is 35.5. The highest BCUT2D eigenvalue weighted by Crippen LogP contribution is 2.42. The summed E-state index contributed by atoms with van der Waals surface area (Å²) in [6, 6.07) is 26.4. The van der Waals surface area contributed by atoms with E-state index in [9.17, 15) is 24.0 Å². The Labute approximate surface area is 342 Å². The van der Waals surface area contributed by atoms with Crippen LogP contribution in [0.1, 0.15) is 82.9 Å². The first-order valence-corrected chi connectivity index (χ1v) is 20.5. The van der Waals surface area contributed by atoms with Gasteiger partial charge in [-0.15, -0.1) is 0 Å². The van der Waals surface area contributed by atoms with Gasteiger partial charge in [-0.2, -0.15) is 0 Å². The number of aryl methyl sites for hydroxylation is 2. The molecule has 5 rings (SSSR count). The molecule has 1 saturated heterocycles. The minimum Gasteiger partial charge on any atom is -0.465 e. The SMILES string of the molecule is CCOC(=O)[C@H](CCc1ccccc1)N[C@@H](C)C(=O)Cl.CCOC(=O)[C@H](CCc1ccccc1)N[C@@H](C)C(=O)N1[C@H](C(=O)OCc2ccccc2)C[C@@H]2CCC[C@@H]21. The monoisotopic (exact) mass is 803 g/mol. The number of fused-ring (bicyclic) bond motifs is 1. The van der Waals surface area contributed by atoms with Crippen LogP contribution in [0, 0.1) is 5.92 Å². The summed E-state index contributed by atoms with van der Waals surface area (Å²) in [5, 5.41) is 5.63. The first kappa shape index (κ1) is 45.1. The second-order valence-corrected chi connectivity index (χ2v) is 15.0. The minimum atomic E-state index is -0.644. The van der Waals surface area contributed by atoms with E-state index in [4.69, 9.17) is 25.8 Å². The van der Waals surface area contributed by atoms with Crippen LogP contribution >= 0.6 is 11.6 Å². The number of carbonyl (C=O) groups is 5. The molecule has 308 valence electrons. The normalized spacial score (nSPS) is 19.2. The number of nitrogens with one attached hydrogen (secondary N) is 2. The van der Waals surface area contributed by atoms with E-state index in [1.807, 2.05) is 91.0 Å². The summed E-state index contributed by atoms with van der Waals surface area (Å²) in [6.45, 7) is 7.70. The molecule has 0 spiro atoms. The topological polar surface area (TPSA) is 140 Å². The molecule has 2 N–H and O–H groups in total. The number of ether oxygens (including phenoxy) is 3. The molecule has 0 aromatic heterocycles. The van der Waals surface area contributed by atoms with Crippen molar-refractivity contribution in [1.29, 1.82) is 0 Å². The second kappa shape index (κ2) is 23.6. The first-order chi connectivity index (χ1) is 27.5. The molecule has 2 aliphatic rings. The Morgan fingerprint density at radius 2 is 1.16 bits per heavy atom. The fraction of sp³-hybridized carbons (Fsp3) is 0.489. The van der Waals surface area contributed by atoms with E-state index in [0.29, 0.717) is 38.2 Å². The fourth-order valence-corrected chi connectivity index (χ4v) is 7.60. The van der Waals surface area contributed by atoms with Crippen LogP contribution in [-0.4, -0.2) is 83.4 Å². The molecule has 1 aliphatic carbocycles. The number of benzene rings is 3. The zero-order valence-electron chi connectivity index (χ0n) is 33.6. The molecule has 3 aromatic carbocycles. The molecule has 1 aliphatic heterocycles. The summed E-state index contributed by atoms with van der Waals surface area (Å²) >= 11 is 5.42. The van der Waals surface area contributed by atoms with E-state index in [1.54, 1.807) is 32.6 Å². The van der Waals surface area contributed by atoms with Crippen LogP contribution in [-0.2, 0) is 57.6 Å². The average Bonchev–Trinajstić information content (AvgIpc) is 3.83. The smallest absolute Gasteiger partial charge is 0.329 e. The Bertz CT molecular complexity index is 1710. The third kappa shape index (κ3) is 14.1. The van der Waals surface area contributed by atoms with Crippen molar-refractivity contribution in [2.24, 2.45) is 5.92 Å². The summed E-state index contributed by atoms with van der Waals surface area (Å²) < 4.78 is 16.0. The second-order valence-electron chi connectivity index (χ2n) is 14.6. The van der Waals surface area contributed by atoms with Gasteiger partial charge < -0.3 is 19.1 Å². The van der Waals surface area contributed by atoms with Crippen LogP contribution in [0.3, 0.4) is 0 Å². The quantitative estimate of drug-likeness (QED) is 0.0803. The number of halogens is 1. The summed E-state index contributed by atoms with van der Waals surface area (Å²) in [6.07, 6.45) is 6.05.